The highest BCUT2D eigenvalue weighted by molar-refractivity contribution is 5.93. The zero-order valence-corrected chi connectivity index (χ0v) is 11.7. The predicted octanol–water partition coefficient (Wildman–Crippen LogP) is 3.08. The minimum Gasteiger partial charge on any atom is -0.478 e. The summed E-state index contributed by atoms with van der Waals surface area (Å²) in [5.74, 6) is -1.89. The molecule has 0 saturated carbocycles. The number of benzene rings is 1. The van der Waals surface area contributed by atoms with Crippen molar-refractivity contribution in [1.82, 2.24) is 5.32 Å². The van der Waals surface area contributed by atoms with Crippen LogP contribution in [0.5, 0.6) is 0 Å². The molecule has 3 N–H and O–H groups in total. The molecule has 6 heteroatoms. The van der Waals surface area contributed by atoms with Crippen LogP contribution in [0, 0.1) is 11.7 Å². The second-order valence-corrected chi connectivity index (χ2v) is 4.77. The fourth-order valence-electron chi connectivity index (χ4n) is 1.64. The van der Waals surface area contributed by atoms with E-state index in [1.165, 1.54) is 6.07 Å². The van der Waals surface area contributed by atoms with Crippen molar-refractivity contribution in [3.05, 3.63) is 29.6 Å². The van der Waals surface area contributed by atoms with Crippen molar-refractivity contribution in [1.29, 1.82) is 0 Å². The van der Waals surface area contributed by atoms with Gasteiger partial charge in [0.05, 0.1) is 5.56 Å². The Balaban J connectivity index is 2.71. The van der Waals surface area contributed by atoms with Gasteiger partial charge in [0, 0.05) is 11.7 Å². The quantitative estimate of drug-likeness (QED) is 0.776. The lowest BCUT2D eigenvalue weighted by molar-refractivity contribution is 0.0692. The number of halogens is 1. The van der Waals surface area contributed by atoms with Gasteiger partial charge in [-0.1, -0.05) is 20.3 Å². The molecule has 1 aromatic rings. The molecular formula is C14H19FN2O3. The SMILES string of the molecule is CCC(C)C(C)NC(=O)Nc1ccc(F)c(C(=O)O)c1. The molecule has 2 atom stereocenters. The van der Waals surface area contributed by atoms with E-state index >= 15 is 0 Å². The molecule has 20 heavy (non-hydrogen) atoms. The number of urea groups is 1. The van der Waals surface area contributed by atoms with Crippen LogP contribution in [-0.2, 0) is 0 Å². The Morgan fingerprint density at radius 1 is 1.35 bits per heavy atom. The molecule has 0 radical (unpaired) electrons. The second kappa shape index (κ2) is 6.88. The molecule has 5 nitrogen and oxygen atoms in total. The minimum atomic E-state index is -1.38. The number of hydrogen-bond acceptors (Lipinski definition) is 2. The summed E-state index contributed by atoms with van der Waals surface area (Å²) in [5.41, 5.74) is -0.240. The molecule has 0 spiro atoms. The lowest BCUT2D eigenvalue weighted by atomic mass is 10.0. The van der Waals surface area contributed by atoms with E-state index in [4.69, 9.17) is 5.11 Å². The summed E-state index contributed by atoms with van der Waals surface area (Å²) in [6.45, 7) is 5.94. The molecule has 0 aliphatic carbocycles. The Hall–Kier alpha value is -2.11. The monoisotopic (exact) mass is 282 g/mol. The molecular weight excluding hydrogens is 263 g/mol. The molecule has 1 rings (SSSR count). The van der Waals surface area contributed by atoms with E-state index in [1.54, 1.807) is 0 Å². The number of rotatable bonds is 5. The molecule has 0 aromatic heterocycles. The number of carboxylic acids is 1. The third-order valence-electron chi connectivity index (χ3n) is 3.31. The number of hydrogen-bond donors (Lipinski definition) is 3. The number of carbonyl (C=O) groups is 2. The average molecular weight is 282 g/mol. The maximum absolute atomic E-state index is 13.2. The van der Waals surface area contributed by atoms with Crippen LogP contribution in [0.2, 0.25) is 0 Å². The Labute approximate surface area is 117 Å². The standard InChI is InChI=1S/C14H19FN2O3/c1-4-8(2)9(3)16-14(20)17-10-5-6-12(15)11(7-10)13(18)19/h5-9H,4H2,1-3H3,(H,18,19)(H2,16,17,20). The van der Waals surface area contributed by atoms with Crippen LogP contribution in [0.15, 0.2) is 18.2 Å². The Bertz CT molecular complexity index is 505. The molecule has 110 valence electrons. The zero-order valence-electron chi connectivity index (χ0n) is 11.7. The van der Waals surface area contributed by atoms with E-state index in [2.05, 4.69) is 10.6 Å². The highest BCUT2D eigenvalue weighted by atomic mass is 19.1. The highest BCUT2D eigenvalue weighted by Gasteiger charge is 2.15. The van der Waals surface area contributed by atoms with Crippen LogP contribution in [-0.4, -0.2) is 23.1 Å². The van der Waals surface area contributed by atoms with Crippen molar-refractivity contribution in [3.63, 3.8) is 0 Å². The van der Waals surface area contributed by atoms with Gasteiger partial charge in [0.1, 0.15) is 5.82 Å². The molecule has 2 amide bonds. The van der Waals surface area contributed by atoms with Gasteiger partial charge >= 0.3 is 12.0 Å². The van der Waals surface area contributed by atoms with Crippen LogP contribution in [0.25, 0.3) is 0 Å². The van der Waals surface area contributed by atoms with Gasteiger partial charge in [0.15, 0.2) is 0 Å². The number of nitrogens with one attached hydrogen (secondary N) is 2. The summed E-state index contributed by atoms with van der Waals surface area (Å²) < 4.78 is 13.2. The van der Waals surface area contributed by atoms with Gasteiger partial charge < -0.3 is 15.7 Å². The van der Waals surface area contributed by atoms with Crippen molar-refractivity contribution >= 4 is 17.7 Å². The first-order valence-corrected chi connectivity index (χ1v) is 6.45. The molecule has 0 heterocycles. The van der Waals surface area contributed by atoms with Gasteiger partial charge in [0.25, 0.3) is 0 Å². The van der Waals surface area contributed by atoms with Gasteiger partial charge in [-0.2, -0.15) is 0 Å². The van der Waals surface area contributed by atoms with E-state index in [0.29, 0.717) is 5.92 Å². The lowest BCUT2D eigenvalue weighted by Gasteiger charge is -2.20. The Kier molecular flexibility index (Phi) is 5.49. The number of anilines is 1. The summed E-state index contributed by atoms with van der Waals surface area (Å²) in [6, 6.07) is 2.96. The van der Waals surface area contributed by atoms with Gasteiger partial charge in [0.2, 0.25) is 0 Å². The molecule has 2 unspecified atom stereocenters. The van der Waals surface area contributed by atoms with E-state index in [-0.39, 0.29) is 11.7 Å². The maximum atomic E-state index is 13.2. The minimum absolute atomic E-state index is 0.0145. The summed E-state index contributed by atoms with van der Waals surface area (Å²) in [4.78, 5) is 22.5. The van der Waals surface area contributed by atoms with E-state index in [1.807, 2.05) is 20.8 Å². The predicted molar refractivity (Wildman–Crippen MR) is 74.4 cm³/mol. The van der Waals surface area contributed by atoms with Crippen LogP contribution in [0.3, 0.4) is 0 Å². The van der Waals surface area contributed by atoms with Gasteiger partial charge in [-0.15, -0.1) is 0 Å². The Morgan fingerprint density at radius 2 is 2.00 bits per heavy atom. The number of carboxylic acid groups (broad SMARTS) is 1. The number of aromatic carboxylic acids is 1. The molecule has 0 aliphatic heterocycles. The zero-order chi connectivity index (χ0) is 15.3. The molecule has 0 saturated heterocycles. The number of amides is 2. The summed E-state index contributed by atoms with van der Waals surface area (Å²) in [5, 5.41) is 14.1. The lowest BCUT2D eigenvalue weighted by Crippen LogP contribution is -2.39. The van der Waals surface area contributed by atoms with Crippen molar-refractivity contribution in [2.75, 3.05) is 5.32 Å². The fraction of sp³-hybridized carbons (Fsp3) is 0.429. The van der Waals surface area contributed by atoms with Crippen molar-refractivity contribution in [2.24, 2.45) is 5.92 Å². The number of carbonyl (C=O) groups excluding carboxylic acids is 1. The topological polar surface area (TPSA) is 78.4 Å². The molecule has 0 bridgehead atoms. The first-order chi connectivity index (χ1) is 9.35. The van der Waals surface area contributed by atoms with Crippen molar-refractivity contribution < 1.29 is 19.1 Å². The van der Waals surface area contributed by atoms with Crippen molar-refractivity contribution in [2.45, 2.75) is 33.2 Å². The normalized spacial score (nSPS) is 13.4. The Morgan fingerprint density at radius 3 is 2.55 bits per heavy atom. The molecule has 1 aromatic carbocycles. The van der Waals surface area contributed by atoms with Gasteiger partial charge in [-0.05, 0) is 31.0 Å². The van der Waals surface area contributed by atoms with E-state index in [0.717, 1.165) is 18.6 Å². The smallest absolute Gasteiger partial charge is 0.338 e. The van der Waals surface area contributed by atoms with Crippen LogP contribution < -0.4 is 10.6 Å². The molecule has 0 fully saturated rings. The summed E-state index contributed by atoms with van der Waals surface area (Å²) in [7, 11) is 0. The second-order valence-electron chi connectivity index (χ2n) is 4.77. The first-order valence-electron chi connectivity index (χ1n) is 6.45. The average Bonchev–Trinajstić information content (AvgIpc) is 2.39. The van der Waals surface area contributed by atoms with E-state index < -0.39 is 23.4 Å². The first kappa shape index (κ1) is 15.9. The summed E-state index contributed by atoms with van der Waals surface area (Å²) in [6.07, 6.45) is 0.932. The molecule has 0 aliphatic rings. The fourth-order valence-corrected chi connectivity index (χ4v) is 1.64. The van der Waals surface area contributed by atoms with Crippen LogP contribution in [0.4, 0.5) is 14.9 Å². The van der Waals surface area contributed by atoms with Gasteiger partial charge in [-0.3, -0.25) is 0 Å². The third kappa shape index (κ3) is 4.22. The van der Waals surface area contributed by atoms with Crippen LogP contribution in [0.1, 0.15) is 37.6 Å². The highest BCUT2D eigenvalue weighted by Crippen LogP contribution is 2.15. The van der Waals surface area contributed by atoms with E-state index in [9.17, 15) is 14.0 Å². The maximum Gasteiger partial charge on any atom is 0.338 e. The van der Waals surface area contributed by atoms with Crippen molar-refractivity contribution in [3.8, 4) is 0 Å². The largest absolute Gasteiger partial charge is 0.478 e. The third-order valence-corrected chi connectivity index (χ3v) is 3.31. The van der Waals surface area contributed by atoms with Gasteiger partial charge in [-0.25, -0.2) is 14.0 Å². The summed E-state index contributed by atoms with van der Waals surface area (Å²) >= 11 is 0. The van der Waals surface area contributed by atoms with Crippen LogP contribution >= 0.6 is 0 Å².